The lowest BCUT2D eigenvalue weighted by Gasteiger charge is -2.10. The van der Waals surface area contributed by atoms with Crippen molar-refractivity contribution in [3.63, 3.8) is 0 Å². The van der Waals surface area contributed by atoms with E-state index >= 15 is 0 Å². The molecule has 0 spiro atoms. The Kier molecular flexibility index (Phi) is 3.81. The van der Waals surface area contributed by atoms with Crippen LogP contribution < -0.4 is 5.73 Å². The first-order valence-corrected chi connectivity index (χ1v) is 6.25. The number of nitrogens with two attached hydrogens (primary N) is 1. The summed E-state index contributed by atoms with van der Waals surface area (Å²) < 4.78 is 0. The average Bonchev–Trinajstić information content (AvgIpc) is 2.37. The molecule has 0 atom stereocenters. The van der Waals surface area contributed by atoms with Gasteiger partial charge in [-0.1, -0.05) is 49.7 Å². The molecule has 2 aromatic carbocycles. The third kappa shape index (κ3) is 2.88. The van der Waals surface area contributed by atoms with Gasteiger partial charge in [0, 0.05) is 5.69 Å². The maximum Gasteiger partial charge on any atom is 0.0317 e. The Morgan fingerprint density at radius 2 is 1.76 bits per heavy atom. The number of aryl methyl sites for hydroxylation is 1. The van der Waals surface area contributed by atoms with Gasteiger partial charge in [0.1, 0.15) is 0 Å². The number of hydrogen-bond acceptors (Lipinski definition) is 1. The molecule has 2 N–H and O–H groups in total. The maximum absolute atomic E-state index is 5.88. The van der Waals surface area contributed by atoms with E-state index in [1.165, 1.54) is 29.5 Å². The Labute approximate surface area is 103 Å². The minimum atomic E-state index is 0.857. The third-order valence-corrected chi connectivity index (χ3v) is 3.01. The van der Waals surface area contributed by atoms with Gasteiger partial charge in [-0.3, -0.25) is 0 Å². The van der Waals surface area contributed by atoms with E-state index < -0.39 is 0 Å². The van der Waals surface area contributed by atoms with E-state index in [0.717, 1.165) is 12.1 Å². The summed E-state index contributed by atoms with van der Waals surface area (Å²) in [7, 11) is 0. The van der Waals surface area contributed by atoms with Gasteiger partial charge in [-0.05, 0) is 41.7 Å². The number of unbranched alkanes of at least 4 members (excludes halogenated alkanes) is 1. The molecule has 0 radical (unpaired) electrons. The van der Waals surface area contributed by atoms with Crippen molar-refractivity contribution in [3.05, 3.63) is 54.1 Å². The fourth-order valence-corrected chi connectivity index (χ4v) is 2.09. The van der Waals surface area contributed by atoms with Crippen LogP contribution in [0, 0.1) is 0 Å². The molecular formula is C16H19N. The van der Waals surface area contributed by atoms with Crippen molar-refractivity contribution in [2.45, 2.75) is 26.2 Å². The van der Waals surface area contributed by atoms with Crippen molar-refractivity contribution in [3.8, 4) is 11.1 Å². The predicted octanol–water partition coefficient (Wildman–Crippen LogP) is 4.28. The van der Waals surface area contributed by atoms with Crippen molar-refractivity contribution < 1.29 is 0 Å². The van der Waals surface area contributed by atoms with Crippen molar-refractivity contribution in [2.75, 3.05) is 5.73 Å². The van der Waals surface area contributed by atoms with E-state index in [2.05, 4.69) is 43.3 Å². The average molecular weight is 225 g/mol. The molecule has 0 bridgehead atoms. The normalized spacial score (nSPS) is 10.4. The number of hydrogen-bond donors (Lipinski definition) is 1. The van der Waals surface area contributed by atoms with Crippen molar-refractivity contribution in [1.82, 2.24) is 0 Å². The zero-order valence-corrected chi connectivity index (χ0v) is 10.3. The van der Waals surface area contributed by atoms with Crippen LogP contribution in [-0.2, 0) is 6.42 Å². The van der Waals surface area contributed by atoms with Gasteiger partial charge in [0.2, 0.25) is 0 Å². The third-order valence-electron chi connectivity index (χ3n) is 3.01. The van der Waals surface area contributed by atoms with Crippen molar-refractivity contribution >= 4 is 5.69 Å². The fraction of sp³-hybridized carbons (Fsp3) is 0.250. The quantitative estimate of drug-likeness (QED) is 0.772. The molecule has 2 rings (SSSR count). The summed E-state index contributed by atoms with van der Waals surface area (Å²) >= 11 is 0. The van der Waals surface area contributed by atoms with Gasteiger partial charge in [-0.25, -0.2) is 0 Å². The standard InChI is InChI=1S/C16H19N/c1-2-3-7-14-12-15(17)10-11-16(14)13-8-5-4-6-9-13/h4-6,8-12H,2-3,7,17H2,1H3. The zero-order chi connectivity index (χ0) is 12.1. The summed E-state index contributed by atoms with van der Waals surface area (Å²) in [6.07, 6.45) is 3.53. The zero-order valence-electron chi connectivity index (χ0n) is 10.3. The molecule has 88 valence electrons. The molecule has 0 saturated carbocycles. The first-order valence-electron chi connectivity index (χ1n) is 6.25. The van der Waals surface area contributed by atoms with Crippen LogP contribution in [0.1, 0.15) is 25.3 Å². The summed E-state index contributed by atoms with van der Waals surface area (Å²) in [4.78, 5) is 0. The summed E-state index contributed by atoms with van der Waals surface area (Å²) in [6.45, 7) is 2.22. The van der Waals surface area contributed by atoms with Crippen molar-refractivity contribution in [2.24, 2.45) is 0 Å². The Balaban J connectivity index is 2.39. The van der Waals surface area contributed by atoms with Crippen LogP contribution in [0.2, 0.25) is 0 Å². The molecule has 0 unspecified atom stereocenters. The number of benzene rings is 2. The van der Waals surface area contributed by atoms with E-state index in [-0.39, 0.29) is 0 Å². The Morgan fingerprint density at radius 1 is 1.00 bits per heavy atom. The largest absolute Gasteiger partial charge is 0.399 e. The molecule has 0 aliphatic carbocycles. The molecule has 1 heteroatoms. The Hall–Kier alpha value is -1.76. The summed E-state index contributed by atoms with van der Waals surface area (Å²) in [5.74, 6) is 0. The van der Waals surface area contributed by atoms with Crippen LogP contribution in [0.3, 0.4) is 0 Å². The van der Waals surface area contributed by atoms with Crippen molar-refractivity contribution in [1.29, 1.82) is 0 Å². The van der Waals surface area contributed by atoms with Gasteiger partial charge in [-0.2, -0.15) is 0 Å². The van der Waals surface area contributed by atoms with Gasteiger partial charge in [0.25, 0.3) is 0 Å². The van der Waals surface area contributed by atoms with Gasteiger partial charge in [0.15, 0.2) is 0 Å². The molecule has 0 aliphatic rings. The van der Waals surface area contributed by atoms with Crippen LogP contribution in [0.15, 0.2) is 48.5 Å². The van der Waals surface area contributed by atoms with Crippen LogP contribution >= 0.6 is 0 Å². The second kappa shape index (κ2) is 5.53. The number of nitrogen functional groups attached to an aromatic ring is 1. The molecule has 0 saturated heterocycles. The highest BCUT2D eigenvalue weighted by atomic mass is 14.5. The Morgan fingerprint density at radius 3 is 2.47 bits per heavy atom. The van der Waals surface area contributed by atoms with E-state index in [1.807, 2.05) is 12.1 Å². The molecule has 0 fully saturated rings. The van der Waals surface area contributed by atoms with Gasteiger partial charge in [0.05, 0.1) is 0 Å². The fourth-order valence-electron chi connectivity index (χ4n) is 2.09. The van der Waals surface area contributed by atoms with Gasteiger partial charge in [-0.15, -0.1) is 0 Å². The van der Waals surface area contributed by atoms with E-state index in [9.17, 15) is 0 Å². The van der Waals surface area contributed by atoms with Crippen LogP contribution in [0.5, 0.6) is 0 Å². The Bertz CT molecular complexity index is 474. The monoisotopic (exact) mass is 225 g/mol. The summed E-state index contributed by atoms with van der Waals surface area (Å²) in [5, 5.41) is 0. The minimum absolute atomic E-state index is 0.857. The highest BCUT2D eigenvalue weighted by Gasteiger charge is 2.04. The minimum Gasteiger partial charge on any atom is -0.399 e. The topological polar surface area (TPSA) is 26.0 Å². The highest BCUT2D eigenvalue weighted by Crippen LogP contribution is 2.26. The van der Waals surface area contributed by atoms with Gasteiger partial charge < -0.3 is 5.73 Å². The lowest BCUT2D eigenvalue weighted by Crippen LogP contribution is -1.93. The first kappa shape index (κ1) is 11.7. The second-order valence-electron chi connectivity index (χ2n) is 4.39. The predicted molar refractivity (Wildman–Crippen MR) is 74.9 cm³/mol. The van der Waals surface area contributed by atoms with E-state index in [0.29, 0.717) is 0 Å². The molecule has 17 heavy (non-hydrogen) atoms. The maximum atomic E-state index is 5.88. The SMILES string of the molecule is CCCCc1cc(N)ccc1-c1ccccc1. The lowest BCUT2D eigenvalue weighted by molar-refractivity contribution is 0.796. The molecular weight excluding hydrogens is 206 g/mol. The van der Waals surface area contributed by atoms with Crippen LogP contribution in [0.4, 0.5) is 5.69 Å². The molecule has 0 aliphatic heterocycles. The molecule has 0 heterocycles. The van der Waals surface area contributed by atoms with E-state index in [4.69, 9.17) is 5.73 Å². The molecule has 0 aromatic heterocycles. The summed E-state index contributed by atoms with van der Waals surface area (Å²) in [5.41, 5.74) is 10.7. The molecule has 1 nitrogen and oxygen atoms in total. The first-order chi connectivity index (χ1) is 8.31. The lowest BCUT2D eigenvalue weighted by atomic mass is 9.96. The molecule has 2 aromatic rings. The van der Waals surface area contributed by atoms with Crippen LogP contribution in [-0.4, -0.2) is 0 Å². The van der Waals surface area contributed by atoms with E-state index in [1.54, 1.807) is 0 Å². The van der Waals surface area contributed by atoms with Crippen LogP contribution in [0.25, 0.3) is 11.1 Å². The number of rotatable bonds is 4. The highest BCUT2D eigenvalue weighted by molar-refractivity contribution is 5.69. The van der Waals surface area contributed by atoms with Gasteiger partial charge >= 0.3 is 0 Å². The molecule has 0 amide bonds. The summed E-state index contributed by atoms with van der Waals surface area (Å²) in [6, 6.07) is 16.7. The smallest absolute Gasteiger partial charge is 0.0317 e. The number of anilines is 1. The second-order valence-corrected chi connectivity index (χ2v) is 4.39.